The van der Waals surface area contributed by atoms with Crippen molar-refractivity contribution in [1.29, 1.82) is 0 Å². The zero-order chi connectivity index (χ0) is 11.4. The van der Waals surface area contributed by atoms with Crippen LogP contribution in [0.3, 0.4) is 0 Å². The minimum atomic E-state index is 0.613. The molecule has 0 N–H and O–H groups in total. The average Bonchev–Trinajstić information content (AvgIpc) is 2.83. The van der Waals surface area contributed by atoms with Crippen LogP contribution in [-0.4, -0.2) is 20.4 Å². The van der Waals surface area contributed by atoms with E-state index in [1.165, 1.54) is 0 Å². The predicted octanol–water partition coefficient (Wildman–Crippen LogP) is 1.63. The van der Waals surface area contributed by atoms with E-state index >= 15 is 0 Å². The van der Waals surface area contributed by atoms with Crippen molar-refractivity contribution in [3.63, 3.8) is 0 Å². The van der Waals surface area contributed by atoms with Crippen molar-refractivity contribution >= 4 is 0 Å². The zero-order valence-electron chi connectivity index (χ0n) is 9.43. The van der Waals surface area contributed by atoms with Crippen LogP contribution in [0.25, 0.3) is 0 Å². The molecule has 6 heteroatoms. The van der Waals surface area contributed by atoms with Crippen LogP contribution in [0.15, 0.2) is 8.83 Å². The first-order valence-electron chi connectivity index (χ1n) is 5.32. The quantitative estimate of drug-likeness (QED) is 0.715. The number of aryl methyl sites for hydroxylation is 4. The van der Waals surface area contributed by atoms with Crippen LogP contribution < -0.4 is 0 Å². The summed E-state index contributed by atoms with van der Waals surface area (Å²) in [6, 6.07) is 0. The van der Waals surface area contributed by atoms with Gasteiger partial charge in [-0.15, -0.1) is 20.4 Å². The fourth-order valence-corrected chi connectivity index (χ4v) is 1.43. The Morgan fingerprint density at radius 2 is 1.19 bits per heavy atom. The van der Waals surface area contributed by atoms with Crippen LogP contribution >= 0.6 is 0 Å². The predicted molar refractivity (Wildman–Crippen MR) is 54.7 cm³/mol. The Kier molecular flexibility index (Phi) is 3.28. The first kappa shape index (κ1) is 10.8. The van der Waals surface area contributed by atoms with Crippen LogP contribution in [0.5, 0.6) is 0 Å². The molecule has 0 atom stereocenters. The summed E-state index contributed by atoms with van der Waals surface area (Å²) in [4.78, 5) is 0. The zero-order valence-corrected chi connectivity index (χ0v) is 9.43. The lowest BCUT2D eigenvalue weighted by atomic mass is 10.2. The van der Waals surface area contributed by atoms with Crippen molar-refractivity contribution in [3.8, 4) is 0 Å². The summed E-state index contributed by atoms with van der Waals surface area (Å²) in [5.74, 6) is 2.61. The first-order chi connectivity index (χ1) is 7.74. The Hall–Kier alpha value is -1.72. The van der Waals surface area contributed by atoms with Crippen LogP contribution in [0.2, 0.25) is 0 Å². The smallest absolute Gasteiger partial charge is 0.216 e. The van der Waals surface area contributed by atoms with Crippen molar-refractivity contribution in [2.24, 2.45) is 0 Å². The molecule has 2 aromatic rings. The minimum Gasteiger partial charge on any atom is -0.426 e. The maximum Gasteiger partial charge on any atom is 0.216 e. The minimum absolute atomic E-state index is 0.613. The van der Waals surface area contributed by atoms with E-state index in [1.54, 1.807) is 13.8 Å². The van der Waals surface area contributed by atoms with Crippen LogP contribution in [0, 0.1) is 13.8 Å². The second-order valence-electron chi connectivity index (χ2n) is 3.64. The Balaban J connectivity index is 1.69. The largest absolute Gasteiger partial charge is 0.426 e. The molecule has 0 aliphatic rings. The van der Waals surface area contributed by atoms with E-state index in [0.29, 0.717) is 23.6 Å². The van der Waals surface area contributed by atoms with E-state index in [4.69, 9.17) is 8.83 Å². The molecule has 0 radical (unpaired) electrons. The number of hydrogen-bond donors (Lipinski definition) is 0. The SMILES string of the molecule is Cc1nnc(CCCCc2nnc(C)o2)o1. The normalized spacial score (nSPS) is 10.9. The molecule has 0 bridgehead atoms. The molecule has 0 aromatic carbocycles. The fraction of sp³-hybridized carbons (Fsp3) is 0.600. The van der Waals surface area contributed by atoms with Gasteiger partial charge in [0.2, 0.25) is 23.6 Å². The molecule has 6 nitrogen and oxygen atoms in total. The van der Waals surface area contributed by atoms with Crippen molar-refractivity contribution in [1.82, 2.24) is 20.4 Å². The summed E-state index contributed by atoms with van der Waals surface area (Å²) < 4.78 is 10.5. The van der Waals surface area contributed by atoms with Gasteiger partial charge < -0.3 is 8.83 Å². The summed E-state index contributed by atoms with van der Waals surface area (Å²) in [5.41, 5.74) is 0. The second-order valence-corrected chi connectivity index (χ2v) is 3.64. The maximum absolute atomic E-state index is 5.27. The van der Waals surface area contributed by atoms with E-state index in [0.717, 1.165) is 25.7 Å². The van der Waals surface area contributed by atoms with E-state index in [2.05, 4.69) is 20.4 Å². The Bertz CT molecular complexity index is 407. The summed E-state index contributed by atoms with van der Waals surface area (Å²) in [6.07, 6.45) is 3.55. The third kappa shape index (κ3) is 2.88. The summed E-state index contributed by atoms with van der Waals surface area (Å²) in [6.45, 7) is 3.58. The van der Waals surface area contributed by atoms with Gasteiger partial charge in [0.15, 0.2) is 0 Å². The van der Waals surface area contributed by atoms with Gasteiger partial charge in [0.1, 0.15) is 0 Å². The Labute approximate surface area is 93.1 Å². The average molecular weight is 222 g/mol. The fourth-order valence-electron chi connectivity index (χ4n) is 1.43. The molecule has 2 heterocycles. The highest BCUT2D eigenvalue weighted by molar-refractivity contribution is 4.81. The maximum atomic E-state index is 5.27. The monoisotopic (exact) mass is 222 g/mol. The highest BCUT2D eigenvalue weighted by Gasteiger charge is 2.04. The van der Waals surface area contributed by atoms with Gasteiger partial charge in [0.25, 0.3) is 0 Å². The van der Waals surface area contributed by atoms with E-state index in [1.807, 2.05) is 0 Å². The van der Waals surface area contributed by atoms with Gasteiger partial charge >= 0.3 is 0 Å². The first-order valence-corrected chi connectivity index (χ1v) is 5.32. The van der Waals surface area contributed by atoms with Crippen molar-refractivity contribution < 1.29 is 8.83 Å². The molecule has 0 amide bonds. The summed E-state index contributed by atoms with van der Waals surface area (Å²) >= 11 is 0. The standard InChI is InChI=1S/C10H14N4O2/c1-7-11-13-9(15-7)5-3-4-6-10-14-12-8(2)16-10/h3-6H2,1-2H3. The van der Waals surface area contributed by atoms with Crippen LogP contribution in [-0.2, 0) is 12.8 Å². The topological polar surface area (TPSA) is 77.8 Å². The molecule has 0 aliphatic carbocycles. The molecule has 0 spiro atoms. The highest BCUT2D eigenvalue weighted by Crippen LogP contribution is 2.07. The van der Waals surface area contributed by atoms with Crippen LogP contribution in [0.1, 0.15) is 36.4 Å². The second kappa shape index (κ2) is 4.87. The van der Waals surface area contributed by atoms with Gasteiger partial charge in [-0.25, -0.2) is 0 Å². The summed E-state index contributed by atoms with van der Waals surface area (Å²) in [7, 11) is 0. The van der Waals surface area contributed by atoms with E-state index in [-0.39, 0.29) is 0 Å². The molecule has 16 heavy (non-hydrogen) atoms. The van der Waals surface area contributed by atoms with Crippen molar-refractivity contribution in [3.05, 3.63) is 23.6 Å². The number of aromatic nitrogens is 4. The number of unbranched alkanes of at least 4 members (excludes halogenated alkanes) is 1. The molecule has 86 valence electrons. The highest BCUT2D eigenvalue weighted by atomic mass is 16.4. The lowest BCUT2D eigenvalue weighted by Gasteiger charge is -1.94. The Morgan fingerprint density at radius 1 is 0.750 bits per heavy atom. The molecule has 0 aliphatic heterocycles. The molecule has 0 unspecified atom stereocenters. The van der Waals surface area contributed by atoms with Crippen LogP contribution in [0.4, 0.5) is 0 Å². The van der Waals surface area contributed by atoms with Gasteiger partial charge in [-0.05, 0) is 12.8 Å². The molecular weight excluding hydrogens is 208 g/mol. The van der Waals surface area contributed by atoms with Gasteiger partial charge in [-0.2, -0.15) is 0 Å². The molecule has 2 rings (SSSR count). The van der Waals surface area contributed by atoms with Gasteiger partial charge in [-0.3, -0.25) is 0 Å². The van der Waals surface area contributed by atoms with Crippen molar-refractivity contribution in [2.45, 2.75) is 39.5 Å². The van der Waals surface area contributed by atoms with Gasteiger partial charge in [0, 0.05) is 26.7 Å². The van der Waals surface area contributed by atoms with E-state index < -0.39 is 0 Å². The molecule has 2 aromatic heterocycles. The Morgan fingerprint density at radius 3 is 1.50 bits per heavy atom. The lowest BCUT2D eigenvalue weighted by Crippen LogP contribution is -1.90. The summed E-state index contributed by atoms with van der Waals surface area (Å²) in [5, 5.41) is 15.4. The lowest BCUT2D eigenvalue weighted by molar-refractivity contribution is 0.441. The van der Waals surface area contributed by atoms with Crippen molar-refractivity contribution in [2.75, 3.05) is 0 Å². The molecule has 0 fully saturated rings. The van der Waals surface area contributed by atoms with E-state index in [9.17, 15) is 0 Å². The number of rotatable bonds is 5. The molecule has 0 saturated carbocycles. The van der Waals surface area contributed by atoms with Gasteiger partial charge in [-0.1, -0.05) is 0 Å². The molecule has 0 saturated heterocycles. The number of nitrogens with zero attached hydrogens (tertiary/aromatic N) is 4. The van der Waals surface area contributed by atoms with Gasteiger partial charge in [0.05, 0.1) is 0 Å². The number of hydrogen-bond acceptors (Lipinski definition) is 6. The third-order valence-corrected chi connectivity index (χ3v) is 2.17. The molecular formula is C10H14N4O2. The third-order valence-electron chi connectivity index (χ3n) is 2.17.